The van der Waals surface area contributed by atoms with E-state index in [1.165, 1.54) is 51.7 Å². The van der Waals surface area contributed by atoms with Crippen molar-refractivity contribution >= 4 is 0 Å². The molecule has 0 aromatic rings. The summed E-state index contributed by atoms with van der Waals surface area (Å²) in [4.78, 5) is 5.10. The highest BCUT2D eigenvalue weighted by Gasteiger charge is 2.31. The van der Waals surface area contributed by atoms with E-state index in [9.17, 15) is 0 Å². The van der Waals surface area contributed by atoms with Gasteiger partial charge in [-0.3, -0.25) is 4.90 Å². The van der Waals surface area contributed by atoms with Crippen LogP contribution in [0.25, 0.3) is 0 Å². The van der Waals surface area contributed by atoms with E-state index in [1.54, 1.807) is 0 Å². The molecular weight excluding hydrogens is 210 g/mol. The average Bonchev–Trinajstić information content (AvgIpc) is 3.00. The third kappa shape index (κ3) is 3.94. The summed E-state index contributed by atoms with van der Waals surface area (Å²) in [5.41, 5.74) is 0. The zero-order chi connectivity index (χ0) is 12.3. The maximum atomic E-state index is 3.70. The van der Waals surface area contributed by atoms with E-state index in [4.69, 9.17) is 0 Å². The molecule has 1 N–H and O–H groups in total. The second kappa shape index (κ2) is 6.17. The summed E-state index contributed by atoms with van der Waals surface area (Å²) < 4.78 is 0. The lowest BCUT2D eigenvalue weighted by atomic mass is 10.1. The van der Waals surface area contributed by atoms with Crippen LogP contribution in [0, 0.1) is 0 Å². The van der Waals surface area contributed by atoms with Crippen LogP contribution in [-0.2, 0) is 0 Å². The molecular formula is C14H29N3. The lowest BCUT2D eigenvalue weighted by Crippen LogP contribution is -2.48. The van der Waals surface area contributed by atoms with Gasteiger partial charge in [0.2, 0.25) is 0 Å². The molecule has 2 unspecified atom stereocenters. The summed E-state index contributed by atoms with van der Waals surface area (Å²) in [5.74, 6) is 0. The number of nitrogens with one attached hydrogen (secondary N) is 1. The van der Waals surface area contributed by atoms with Crippen molar-refractivity contribution in [3.8, 4) is 0 Å². The smallest absolute Gasteiger partial charge is 0.0226 e. The molecule has 1 aliphatic carbocycles. The highest BCUT2D eigenvalue weighted by atomic mass is 15.3. The molecule has 3 heteroatoms. The van der Waals surface area contributed by atoms with Gasteiger partial charge >= 0.3 is 0 Å². The first-order valence-electron chi connectivity index (χ1n) is 7.34. The zero-order valence-electron chi connectivity index (χ0n) is 11.8. The molecule has 3 nitrogen and oxygen atoms in total. The molecule has 0 aromatic heterocycles. The Labute approximate surface area is 107 Å². The minimum absolute atomic E-state index is 0.753. The third-order valence-electron chi connectivity index (χ3n) is 4.16. The summed E-state index contributed by atoms with van der Waals surface area (Å²) in [7, 11) is 4.39. The van der Waals surface area contributed by atoms with E-state index in [0.717, 1.165) is 18.1 Å². The molecule has 0 radical (unpaired) electrons. The number of nitrogens with zero attached hydrogens (tertiary/aromatic N) is 2. The van der Waals surface area contributed by atoms with Crippen molar-refractivity contribution in [2.75, 3.05) is 33.7 Å². The molecule has 1 heterocycles. The quantitative estimate of drug-likeness (QED) is 0.727. The normalized spacial score (nSPS) is 27.9. The molecule has 0 spiro atoms. The Hall–Kier alpha value is -0.120. The van der Waals surface area contributed by atoms with E-state index in [2.05, 4.69) is 36.1 Å². The molecule has 2 atom stereocenters. The van der Waals surface area contributed by atoms with Crippen molar-refractivity contribution in [3.63, 3.8) is 0 Å². The van der Waals surface area contributed by atoms with Crippen LogP contribution in [0.3, 0.4) is 0 Å². The molecule has 0 aromatic carbocycles. The molecule has 1 saturated heterocycles. The second-order valence-corrected chi connectivity index (χ2v) is 6.04. The van der Waals surface area contributed by atoms with Crippen molar-refractivity contribution in [2.45, 2.75) is 57.2 Å². The molecule has 2 rings (SSSR count). The summed E-state index contributed by atoms with van der Waals surface area (Å²) in [6.07, 6.45) is 6.86. The number of likely N-dealkylation sites (N-methyl/N-ethyl adjacent to an activating group) is 1. The average molecular weight is 239 g/mol. The van der Waals surface area contributed by atoms with E-state index in [0.29, 0.717) is 0 Å². The van der Waals surface area contributed by atoms with Gasteiger partial charge in [-0.1, -0.05) is 6.92 Å². The van der Waals surface area contributed by atoms with Gasteiger partial charge in [0.25, 0.3) is 0 Å². The minimum Gasteiger partial charge on any atom is -0.312 e. The van der Waals surface area contributed by atoms with Crippen LogP contribution in [-0.4, -0.2) is 61.7 Å². The fourth-order valence-corrected chi connectivity index (χ4v) is 3.04. The second-order valence-electron chi connectivity index (χ2n) is 6.04. The predicted molar refractivity (Wildman–Crippen MR) is 73.4 cm³/mol. The molecule has 2 aliphatic rings. The first-order valence-corrected chi connectivity index (χ1v) is 7.34. The number of hydrogen-bond acceptors (Lipinski definition) is 3. The Morgan fingerprint density at radius 2 is 2.06 bits per heavy atom. The van der Waals surface area contributed by atoms with Crippen molar-refractivity contribution < 1.29 is 0 Å². The molecule has 1 aliphatic heterocycles. The van der Waals surface area contributed by atoms with Crippen LogP contribution in [0.1, 0.15) is 39.0 Å². The topological polar surface area (TPSA) is 18.5 Å². The zero-order valence-corrected chi connectivity index (χ0v) is 11.8. The van der Waals surface area contributed by atoms with Crippen LogP contribution in [0.15, 0.2) is 0 Å². The number of hydrogen-bond donors (Lipinski definition) is 1. The highest BCUT2D eigenvalue weighted by Crippen LogP contribution is 2.23. The number of rotatable bonds is 7. The Kier molecular flexibility index (Phi) is 4.83. The van der Waals surface area contributed by atoms with E-state index in [-0.39, 0.29) is 0 Å². The molecule has 17 heavy (non-hydrogen) atoms. The van der Waals surface area contributed by atoms with Gasteiger partial charge in [-0.25, -0.2) is 0 Å². The first kappa shape index (κ1) is 13.3. The number of likely N-dealkylation sites (tertiary alicyclic amines) is 1. The van der Waals surface area contributed by atoms with Gasteiger partial charge in [-0.05, 0) is 52.7 Å². The largest absolute Gasteiger partial charge is 0.312 e. The monoisotopic (exact) mass is 239 g/mol. The van der Waals surface area contributed by atoms with Crippen molar-refractivity contribution in [2.24, 2.45) is 0 Å². The summed E-state index contributed by atoms with van der Waals surface area (Å²) in [6.45, 7) is 6.07. The predicted octanol–water partition coefficient (Wildman–Crippen LogP) is 1.54. The minimum atomic E-state index is 0.753. The van der Waals surface area contributed by atoms with Crippen LogP contribution in [0.4, 0.5) is 0 Å². The van der Waals surface area contributed by atoms with Gasteiger partial charge in [-0.2, -0.15) is 0 Å². The van der Waals surface area contributed by atoms with Crippen molar-refractivity contribution in [1.82, 2.24) is 15.1 Å². The molecule has 100 valence electrons. The molecule has 1 saturated carbocycles. The standard InChI is InChI=1S/C14H29N3/c1-4-13(10-15-12-7-8-12)17-9-5-6-14(17)11-16(2)3/h12-15H,4-11H2,1-3H3. The molecule has 0 amide bonds. The maximum Gasteiger partial charge on any atom is 0.0226 e. The van der Waals surface area contributed by atoms with E-state index in [1.807, 2.05) is 0 Å². The van der Waals surface area contributed by atoms with Gasteiger partial charge < -0.3 is 10.2 Å². The molecule has 2 fully saturated rings. The highest BCUT2D eigenvalue weighted by molar-refractivity contribution is 4.89. The van der Waals surface area contributed by atoms with Crippen molar-refractivity contribution in [1.29, 1.82) is 0 Å². The van der Waals surface area contributed by atoms with Crippen molar-refractivity contribution in [3.05, 3.63) is 0 Å². The van der Waals surface area contributed by atoms with Gasteiger partial charge in [0.05, 0.1) is 0 Å². The van der Waals surface area contributed by atoms with E-state index < -0.39 is 0 Å². The van der Waals surface area contributed by atoms with E-state index >= 15 is 0 Å². The SMILES string of the molecule is CCC(CNC1CC1)N1CCCC1CN(C)C. The van der Waals surface area contributed by atoms with Crippen LogP contribution < -0.4 is 5.32 Å². The maximum absolute atomic E-state index is 3.70. The van der Waals surface area contributed by atoms with Gasteiger partial charge in [0.15, 0.2) is 0 Å². The fraction of sp³-hybridized carbons (Fsp3) is 1.00. The summed E-state index contributed by atoms with van der Waals surface area (Å²) in [6, 6.07) is 2.39. The Bertz CT molecular complexity index is 226. The summed E-state index contributed by atoms with van der Waals surface area (Å²) in [5, 5.41) is 3.70. The van der Waals surface area contributed by atoms with Crippen LogP contribution in [0.5, 0.6) is 0 Å². The van der Waals surface area contributed by atoms with Gasteiger partial charge in [-0.15, -0.1) is 0 Å². The van der Waals surface area contributed by atoms with Gasteiger partial charge in [0.1, 0.15) is 0 Å². The summed E-state index contributed by atoms with van der Waals surface area (Å²) >= 11 is 0. The molecule has 0 bridgehead atoms. The van der Waals surface area contributed by atoms with Crippen LogP contribution >= 0.6 is 0 Å². The third-order valence-corrected chi connectivity index (χ3v) is 4.16. The van der Waals surface area contributed by atoms with Gasteiger partial charge in [0, 0.05) is 31.2 Å². The fourth-order valence-electron chi connectivity index (χ4n) is 3.04. The lowest BCUT2D eigenvalue weighted by molar-refractivity contribution is 0.145. The Morgan fingerprint density at radius 1 is 1.29 bits per heavy atom. The first-order chi connectivity index (χ1) is 8.20. The Balaban J connectivity index is 1.82. The lowest BCUT2D eigenvalue weighted by Gasteiger charge is -2.34. The van der Waals surface area contributed by atoms with Crippen LogP contribution in [0.2, 0.25) is 0 Å². The Morgan fingerprint density at radius 3 is 2.65 bits per heavy atom.